The van der Waals surface area contributed by atoms with Crippen LogP contribution in [0.15, 0.2) is 0 Å². The third kappa shape index (κ3) is 7.31. The van der Waals surface area contributed by atoms with E-state index in [1.165, 1.54) is 52.1 Å². The number of hydrogen-bond donors (Lipinski definition) is 2. The van der Waals surface area contributed by atoms with Gasteiger partial charge in [-0.3, -0.25) is 0 Å². The van der Waals surface area contributed by atoms with E-state index in [1.807, 2.05) is 0 Å². The molecule has 18 heavy (non-hydrogen) atoms. The molecule has 0 aromatic heterocycles. The number of unbranched alkanes of at least 4 members (excludes halogenated alkanes) is 4. The minimum atomic E-state index is 0.335. The van der Waals surface area contributed by atoms with Crippen LogP contribution < -0.4 is 0 Å². The van der Waals surface area contributed by atoms with Crippen LogP contribution in [-0.4, -0.2) is 72.5 Å². The summed E-state index contributed by atoms with van der Waals surface area (Å²) >= 11 is 0. The lowest BCUT2D eigenvalue weighted by atomic mass is 10.2. The second-order valence-electron chi connectivity index (χ2n) is 5.25. The third-order valence-electron chi connectivity index (χ3n) is 3.73. The Morgan fingerprint density at radius 1 is 0.556 bits per heavy atom. The van der Waals surface area contributed by atoms with Crippen molar-refractivity contribution in [1.29, 1.82) is 0 Å². The van der Waals surface area contributed by atoms with Gasteiger partial charge in [-0.1, -0.05) is 0 Å². The van der Waals surface area contributed by atoms with Crippen molar-refractivity contribution in [3.8, 4) is 0 Å². The van der Waals surface area contributed by atoms with Gasteiger partial charge in [-0.05, 0) is 51.6 Å². The number of aliphatic hydroxyl groups excluding tert-OH is 2. The summed E-state index contributed by atoms with van der Waals surface area (Å²) in [7, 11) is 0. The molecule has 0 radical (unpaired) electrons. The number of hydrogen-bond acceptors (Lipinski definition) is 4. The molecule has 0 aliphatic carbocycles. The monoisotopic (exact) mass is 258 g/mol. The van der Waals surface area contributed by atoms with Gasteiger partial charge in [0.25, 0.3) is 0 Å². The largest absolute Gasteiger partial charge is 0.396 e. The van der Waals surface area contributed by atoms with Crippen molar-refractivity contribution in [1.82, 2.24) is 9.80 Å². The second-order valence-corrected chi connectivity index (χ2v) is 5.25. The molecule has 4 heteroatoms. The molecule has 1 aliphatic rings. The third-order valence-corrected chi connectivity index (χ3v) is 3.73. The van der Waals surface area contributed by atoms with Crippen LogP contribution in [0.2, 0.25) is 0 Å². The summed E-state index contributed by atoms with van der Waals surface area (Å²) in [6, 6.07) is 0. The molecular weight excluding hydrogens is 228 g/mol. The van der Waals surface area contributed by atoms with Crippen LogP contribution in [0.4, 0.5) is 0 Å². The first-order valence-electron chi connectivity index (χ1n) is 7.53. The van der Waals surface area contributed by atoms with Crippen LogP contribution in [0, 0.1) is 0 Å². The van der Waals surface area contributed by atoms with Crippen LogP contribution in [0.3, 0.4) is 0 Å². The van der Waals surface area contributed by atoms with Crippen LogP contribution in [0.25, 0.3) is 0 Å². The Labute approximate surface area is 112 Å². The molecule has 2 N–H and O–H groups in total. The molecule has 1 heterocycles. The van der Waals surface area contributed by atoms with E-state index in [-0.39, 0.29) is 0 Å². The van der Waals surface area contributed by atoms with Gasteiger partial charge in [-0.25, -0.2) is 0 Å². The minimum Gasteiger partial charge on any atom is -0.396 e. The summed E-state index contributed by atoms with van der Waals surface area (Å²) in [5.41, 5.74) is 0. The van der Waals surface area contributed by atoms with E-state index in [2.05, 4.69) is 9.80 Å². The zero-order valence-corrected chi connectivity index (χ0v) is 11.7. The highest BCUT2D eigenvalue weighted by molar-refractivity contribution is 4.71. The van der Waals surface area contributed by atoms with E-state index in [0.29, 0.717) is 13.2 Å². The van der Waals surface area contributed by atoms with Crippen LogP contribution >= 0.6 is 0 Å². The summed E-state index contributed by atoms with van der Waals surface area (Å²) in [4.78, 5) is 5.09. The predicted molar refractivity (Wildman–Crippen MR) is 74.8 cm³/mol. The Bertz CT molecular complexity index is 163. The van der Waals surface area contributed by atoms with Gasteiger partial charge in [0.15, 0.2) is 0 Å². The van der Waals surface area contributed by atoms with Crippen molar-refractivity contribution >= 4 is 0 Å². The molecule has 0 aromatic carbocycles. The van der Waals surface area contributed by atoms with Crippen LogP contribution in [-0.2, 0) is 0 Å². The lowest BCUT2D eigenvalue weighted by Gasteiger charge is -2.34. The van der Waals surface area contributed by atoms with Crippen molar-refractivity contribution in [3.63, 3.8) is 0 Å². The fourth-order valence-electron chi connectivity index (χ4n) is 2.48. The maximum absolute atomic E-state index is 8.72. The van der Waals surface area contributed by atoms with Gasteiger partial charge in [-0.15, -0.1) is 0 Å². The lowest BCUT2D eigenvalue weighted by molar-refractivity contribution is 0.128. The first-order chi connectivity index (χ1) is 8.86. The molecule has 0 spiro atoms. The van der Waals surface area contributed by atoms with Crippen molar-refractivity contribution in [2.75, 3.05) is 52.5 Å². The van der Waals surface area contributed by atoms with Gasteiger partial charge >= 0.3 is 0 Å². The summed E-state index contributed by atoms with van der Waals surface area (Å²) in [6.45, 7) is 7.83. The maximum atomic E-state index is 8.72. The van der Waals surface area contributed by atoms with Gasteiger partial charge in [-0.2, -0.15) is 0 Å². The summed E-state index contributed by atoms with van der Waals surface area (Å²) in [5, 5.41) is 17.4. The molecule has 108 valence electrons. The Balaban J connectivity index is 1.95. The summed E-state index contributed by atoms with van der Waals surface area (Å²) in [5.74, 6) is 0. The average molecular weight is 258 g/mol. The molecule has 1 rings (SSSR count). The number of piperazine rings is 1. The quantitative estimate of drug-likeness (QED) is 0.572. The second kappa shape index (κ2) is 10.7. The van der Waals surface area contributed by atoms with E-state index in [9.17, 15) is 0 Å². The molecule has 1 aliphatic heterocycles. The zero-order chi connectivity index (χ0) is 13.1. The van der Waals surface area contributed by atoms with Gasteiger partial charge in [0.05, 0.1) is 0 Å². The van der Waals surface area contributed by atoms with Crippen molar-refractivity contribution in [3.05, 3.63) is 0 Å². The maximum Gasteiger partial charge on any atom is 0.0431 e. The molecule has 0 saturated carbocycles. The molecule has 1 fully saturated rings. The first kappa shape index (κ1) is 15.9. The SMILES string of the molecule is OCCCCCN1CCN(CCCCCO)CC1. The van der Waals surface area contributed by atoms with E-state index >= 15 is 0 Å². The molecule has 0 aromatic rings. The highest BCUT2D eigenvalue weighted by atomic mass is 16.3. The Hall–Kier alpha value is -0.160. The van der Waals surface area contributed by atoms with Gasteiger partial charge < -0.3 is 20.0 Å². The highest BCUT2D eigenvalue weighted by Gasteiger charge is 2.15. The summed E-state index contributed by atoms with van der Waals surface area (Å²) < 4.78 is 0. The van der Waals surface area contributed by atoms with Crippen molar-refractivity contribution < 1.29 is 10.2 Å². The van der Waals surface area contributed by atoms with Crippen molar-refractivity contribution in [2.24, 2.45) is 0 Å². The van der Waals surface area contributed by atoms with Gasteiger partial charge in [0.2, 0.25) is 0 Å². The molecule has 0 amide bonds. The van der Waals surface area contributed by atoms with E-state index in [4.69, 9.17) is 10.2 Å². The normalized spacial score (nSPS) is 18.3. The van der Waals surface area contributed by atoms with E-state index < -0.39 is 0 Å². The summed E-state index contributed by atoms with van der Waals surface area (Å²) in [6.07, 6.45) is 6.64. The highest BCUT2D eigenvalue weighted by Crippen LogP contribution is 2.06. The van der Waals surface area contributed by atoms with E-state index in [0.717, 1.165) is 25.7 Å². The smallest absolute Gasteiger partial charge is 0.0431 e. The number of aliphatic hydroxyl groups is 2. The van der Waals surface area contributed by atoms with Crippen molar-refractivity contribution in [2.45, 2.75) is 38.5 Å². The Morgan fingerprint density at radius 2 is 0.944 bits per heavy atom. The molecule has 1 saturated heterocycles. The van der Waals surface area contributed by atoms with Gasteiger partial charge in [0.1, 0.15) is 0 Å². The molecule has 0 atom stereocenters. The Kier molecular flexibility index (Phi) is 9.48. The zero-order valence-electron chi connectivity index (χ0n) is 11.7. The average Bonchev–Trinajstić information content (AvgIpc) is 2.41. The fraction of sp³-hybridized carbons (Fsp3) is 1.00. The number of rotatable bonds is 10. The van der Waals surface area contributed by atoms with E-state index in [1.54, 1.807) is 0 Å². The van der Waals surface area contributed by atoms with Gasteiger partial charge in [0, 0.05) is 39.4 Å². The lowest BCUT2D eigenvalue weighted by Crippen LogP contribution is -2.46. The standard InChI is InChI=1S/C14H30N2O2/c17-13-5-1-3-7-15-9-11-16(12-10-15)8-4-2-6-14-18/h17-18H,1-14H2. The molecule has 0 unspecified atom stereocenters. The molecular formula is C14H30N2O2. The Morgan fingerprint density at radius 3 is 1.28 bits per heavy atom. The van der Waals surface area contributed by atoms with Crippen LogP contribution in [0.5, 0.6) is 0 Å². The molecule has 4 nitrogen and oxygen atoms in total. The molecule has 0 bridgehead atoms. The topological polar surface area (TPSA) is 46.9 Å². The number of nitrogens with zero attached hydrogens (tertiary/aromatic N) is 2. The fourth-order valence-corrected chi connectivity index (χ4v) is 2.48. The predicted octanol–water partition coefficient (Wildman–Crippen LogP) is 0.929. The van der Waals surface area contributed by atoms with Crippen LogP contribution in [0.1, 0.15) is 38.5 Å². The first-order valence-corrected chi connectivity index (χ1v) is 7.53. The minimum absolute atomic E-state index is 0.335.